The van der Waals surface area contributed by atoms with Gasteiger partial charge in [0.05, 0.1) is 6.54 Å². The molecule has 0 spiro atoms. The first-order chi connectivity index (χ1) is 10.2. The summed E-state index contributed by atoms with van der Waals surface area (Å²) in [6.45, 7) is 6.02. The summed E-state index contributed by atoms with van der Waals surface area (Å²) >= 11 is 0. The Morgan fingerprint density at radius 1 is 1.18 bits per heavy atom. The third kappa shape index (κ3) is 2.20. The Bertz CT molecular complexity index is 578. The maximum absolute atomic E-state index is 12.2. The van der Waals surface area contributed by atoms with Gasteiger partial charge in [0.2, 0.25) is 5.54 Å². The number of hydrogen-bond acceptors (Lipinski definition) is 2. The first-order valence-electron chi connectivity index (χ1n) is 7.55. The van der Waals surface area contributed by atoms with Crippen LogP contribution in [0.3, 0.4) is 0 Å². The van der Waals surface area contributed by atoms with Gasteiger partial charge in [-0.1, -0.05) is 51.1 Å². The topological polar surface area (TPSA) is 74.6 Å². The van der Waals surface area contributed by atoms with Crippen LogP contribution in [0.25, 0.3) is 0 Å². The third-order valence-electron chi connectivity index (χ3n) is 5.07. The fourth-order valence-electron chi connectivity index (χ4n) is 4.07. The fourth-order valence-corrected chi connectivity index (χ4v) is 4.07. The van der Waals surface area contributed by atoms with Crippen LogP contribution in [0.2, 0.25) is 0 Å². The molecule has 1 amide bonds. The van der Waals surface area contributed by atoms with Crippen molar-refractivity contribution in [3.63, 3.8) is 0 Å². The van der Waals surface area contributed by atoms with Crippen LogP contribution < -0.4 is 0 Å². The van der Waals surface area contributed by atoms with E-state index in [1.54, 1.807) is 0 Å². The Hall–Kier alpha value is -1.88. The summed E-state index contributed by atoms with van der Waals surface area (Å²) < 4.78 is -0.435. The van der Waals surface area contributed by atoms with E-state index in [-0.39, 0.29) is 6.54 Å². The van der Waals surface area contributed by atoms with Crippen LogP contribution in [0.15, 0.2) is 30.3 Å². The molecule has 0 radical (unpaired) electrons. The first-order valence-corrected chi connectivity index (χ1v) is 7.55. The van der Waals surface area contributed by atoms with Crippen LogP contribution in [0.4, 0.5) is 4.79 Å². The molecular weight excluding hydrogens is 282 g/mol. The number of rotatable bonds is 3. The molecule has 5 heteroatoms. The van der Waals surface area contributed by atoms with Gasteiger partial charge in [-0.25, -0.2) is 9.28 Å². The molecule has 0 bridgehead atoms. The Morgan fingerprint density at radius 3 is 2.23 bits per heavy atom. The molecule has 1 aliphatic heterocycles. The zero-order chi connectivity index (χ0) is 16.6. The van der Waals surface area contributed by atoms with E-state index in [0.717, 1.165) is 5.56 Å². The molecule has 5 nitrogen and oxygen atoms in total. The molecule has 22 heavy (non-hydrogen) atoms. The largest absolute Gasteiger partial charge is 0.514 e. The Morgan fingerprint density at radius 2 is 1.77 bits per heavy atom. The van der Waals surface area contributed by atoms with Crippen molar-refractivity contribution in [2.45, 2.75) is 45.7 Å². The molecule has 2 rings (SSSR count). The normalized spacial score (nSPS) is 28.5. The lowest BCUT2D eigenvalue weighted by molar-refractivity contribution is -0.907. The number of nitrogens with zero attached hydrogens (tertiary/aromatic N) is 1. The number of aliphatic carboxylic acids is 1. The van der Waals surface area contributed by atoms with Crippen molar-refractivity contribution in [3.8, 4) is 0 Å². The zero-order valence-corrected chi connectivity index (χ0v) is 13.4. The highest BCUT2D eigenvalue weighted by Crippen LogP contribution is 2.50. The van der Waals surface area contributed by atoms with Crippen molar-refractivity contribution >= 4 is 12.1 Å². The lowest BCUT2D eigenvalue weighted by atomic mass is 9.70. The molecule has 1 aromatic carbocycles. The number of carboxylic acids is 1. The van der Waals surface area contributed by atoms with E-state index < -0.39 is 27.5 Å². The molecule has 1 aliphatic rings. The molecule has 0 aliphatic carbocycles. The summed E-state index contributed by atoms with van der Waals surface area (Å²) in [5, 5.41) is 20.0. The summed E-state index contributed by atoms with van der Waals surface area (Å²) in [5.41, 5.74) is -1.14. The lowest BCUT2D eigenvalue weighted by Crippen LogP contribution is -2.71. The van der Waals surface area contributed by atoms with Crippen molar-refractivity contribution in [1.29, 1.82) is 0 Å². The van der Waals surface area contributed by atoms with Gasteiger partial charge < -0.3 is 10.2 Å². The van der Waals surface area contributed by atoms with Gasteiger partial charge >= 0.3 is 12.1 Å². The lowest BCUT2D eigenvalue weighted by Gasteiger charge is -2.48. The van der Waals surface area contributed by atoms with Gasteiger partial charge in [-0.15, -0.1) is 0 Å². The van der Waals surface area contributed by atoms with E-state index >= 15 is 0 Å². The highest BCUT2D eigenvalue weighted by atomic mass is 16.4. The molecule has 120 valence electrons. The summed E-state index contributed by atoms with van der Waals surface area (Å²) in [6.07, 6.45) is -0.0769. The highest BCUT2D eigenvalue weighted by Gasteiger charge is 2.70. The standard InChI is InChI=1S/C17H23NO4/c1-16(2,3)17(14(19)20)10-7-11-18(17,15(21)22)12-13-8-5-4-6-9-13/h4-6,8-9H,7,10-12H2,1-3H3,(H-,19,20,21,22)/p+1/t17-,18?/m1/s1. The van der Waals surface area contributed by atoms with Gasteiger partial charge in [-0.2, -0.15) is 4.79 Å². The van der Waals surface area contributed by atoms with E-state index in [1.165, 1.54) is 0 Å². The smallest absolute Gasteiger partial charge is 0.477 e. The molecule has 1 heterocycles. The van der Waals surface area contributed by atoms with Gasteiger partial charge in [0.15, 0.2) is 0 Å². The van der Waals surface area contributed by atoms with E-state index in [0.29, 0.717) is 19.4 Å². The number of benzene rings is 1. The molecule has 1 aromatic rings. The van der Waals surface area contributed by atoms with Gasteiger partial charge in [0.25, 0.3) is 0 Å². The molecule has 2 atom stereocenters. The molecule has 1 unspecified atom stereocenters. The van der Waals surface area contributed by atoms with Crippen molar-refractivity contribution < 1.29 is 24.3 Å². The van der Waals surface area contributed by atoms with Crippen molar-refractivity contribution in [3.05, 3.63) is 35.9 Å². The summed E-state index contributed by atoms with van der Waals surface area (Å²) in [7, 11) is 0. The Labute approximate surface area is 130 Å². The van der Waals surface area contributed by atoms with Crippen molar-refractivity contribution in [2.75, 3.05) is 6.54 Å². The van der Waals surface area contributed by atoms with Gasteiger partial charge in [-0.05, 0) is 0 Å². The van der Waals surface area contributed by atoms with Crippen LogP contribution in [-0.2, 0) is 11.3 Å². The second-order valence-corrected chi connectivity index (χ2v) is 7.14. The quantitative estimate of drug-likeness (QED) is 0.840. The average Bonchev–Trinajstić information content (AvgIpc) is 2.81. The van der Waals surface area contributed by atoms with Crippen molar-refractivity contribution in [1.82, 2.24) is 0 Å². The van der Waals surface area contributed by atoms with Crippen LogP contribution in [0.1, 0.15) is 39.2 Å². The SMILES string of the molecule is CC(C)(C)[C@]1(C(=O)O)CCC[N+]1(Cc1ccccc1)C(=O)O. The minimum absolute atomic E-state index is 0.194. The predicted octanol–water partition coefficient (Wildman–Crippen LogP) is 3.34. The molecule has 0 aromatic heterocycles. The maximum atomic E-state index is 12.2. The number of quaternary nitrogens is 1. The molecular formula is C17H24NO4+. The minimum Gasteiger partial charge on any atom is -0.477 e. The average molecular weight is 306 g/mol. The van der Waals surface area contributed by atoms with Crippen molar-refractivity contribution in [2.24, 2.45) is 5.41 Å². The van der Waals surface area contributed by atoms with Crippen LogP contribution in [-0.4, -0.2) is 38.8 Å². The summed E-state index contributed by atoms with van der Waals surface area (Å²) in [6, 6.07) is 9.28. The molecule has 1 saturated heterocycles. The van der Waals surface area contributed by atoms with Gasteiger partial charge in [-0.3, -0.25) is 0 Å². The highest BCUT2D eigenvalue weighted by molar-refractivity contribution is 5.81. The van der Waals surface area contributed by atoms with E-state index in [2.05, 4.69) is 0 Å². The second kappa shape index (κ2) is 5.39. The van der Waals surface area contributed by atoms with Gasteiger partial charge in [0, 0.05) is 23.8 Å². The van der Waals surface area contributed by atoms with E-state index in [4.69, 9.17) is 0 Å². The van der Waals surface area contributed by atoms with Crippen LogP contribution in [0, 0.1) is 5.41 Å². The molecule has 0 saturated carbocycles. The number of carboxylic acid groups (broad SMARTS) is 2. The summed E-state index contributed by atoms with van der Waals surface area (Å²) in [5.74, 6) is -1.02. The third-order valence-corrected chi connectivity index (χ3v) is 5.07. The number of amides is 1. The zero-order valence-electron chi connectivity index (χ0n) is 13.4. The Kier molecular flexibility index (Phi) is 4.04. The number of likely N-dealkylation sites (tertiary alicyclic amines) is 1. The number of hydrogen-bond donors (Lipinski definition) is 2. The molecule has 1 fully saturated rings. The monoisotopic (exact) mass is 306 g/mol. The predicted molar refractivity (Wildman–Crippen MR) is 82.4 cm³/mol. The van der Waals surface area contributed by atoms with Crippen LogP contribution in [0.5, 0.6) is 0 Å². The second-order valence-electron chi connectivity index (χ2n) is 7.14. The van der Waals surface area contributed by atoms with Gasteiger partial charge in [0.1, 0.15) is 6.54 Å². The minimum atomic E-state index is -1.32. The summed E-state index contributed by atoms with van der Waals surface area (Å²) in [4.78, 5) is 24.4. The maximum Gasteiger partial charge on any atom is 0.514 e. The van der Waals surface area contributed by atoms with E-state index in [9.17, 15) is 19.8 Å². The van der Waals surface area contributed by atoms with Crippen LogP contribution >= 0.6 is 0 Å². The fraction of sp³-hybridized carbons (Fsp3) is 0.529. The Balaban J connectivity index is 2.62. The first kappa shape index (κ1) is 16.5. The molecule has 2 N–H and O–H groups in total. The van der Waals surface area contributed by atoms with E-state index in [1.807, 2.05) is 51.1 Å². The number of carbonyl (C=O) groups is 2.